The molecule has 2 aliphatic rings. The molecule has 8 nitrogen and oxygen atoms in total. The van der Waals surface area contributed by atoms with Crippen molar-refractivity contribution in [1.29, 1.82) is 0 Å². The minimum absolute atomic E-state index is 0.228. The van der Waals surface area contributed by atoms with Crippen molar-refractivity contribution in [3.05, 3.63) is 36.4 Å². The minimum atomic E-state index is -0.475. The average Bonchev–Trinajstić information content (AvgIpc) is 2.71. The number of piperazine rings is 1. The van der Waals surface area contributed by atoms with E-state index in [1.165, 1.54) is 0 Å². The van der Waals surface area contributed by atoms with Gasteiger partial charge < -0.3 is 15.1 Å². The molecule has 1 aromatic heterocycles. The van der Waals surface area contributed by atoms with E-state index < -0.39 is 6.04 Å². The topological polar surface area (TPSA) is 90.5 Å². The molecule has 1 unspecified atom stereocenters. The second-order valence-corrected chi connectivity index (χ2v) is 7.24. The molecule has 0 bridgehead atoms. The third kappa shape index (κ3) is 4.12. The highest BCUT2D eigenvalue weighted by Gasteiger charge is 2.27. The van der Waals surface area contributed by atoms with Crippen LogP contribution in [0.1, 0.15) is 12.8 Å². The molecule has 2 aromatic rings. The number of anilines is 2. The monoisotopic (exact) mass is 380 g/mol. The molecule has 0 saturated carbocycles. The van der Waals surface area contributed by atoms with Crippen LogP contribution in [0.4, 0.5) is 11.6 Å². The lowest BCUT2D eigenvalue weighted by Gasteiger charge is -2.33. The molecule has 0 spiro atoms. The van der Waals surface area contributed by atoms with Crippen LogP contribution in [0.3, 0.4) is 0 Å². The van der Waals surface area contributed by atoms with Crippen molar-refractivity contribution in [2.24, 2.45) is 0 Å². The number of carbonyl (C=O) groups is 2. The van der Waals surface area contributed by atoms with Crippen LogP contribution in [0.2, 0.25) is 0 Å². The van der Waals surface area contributed by atoms with E-state index in [0.717, 1.165) is 37.6 Å². The van der Waals surface area contributed by atoms with Crippen molar-refractivity contribution in [3.8, 4) is 11.4 Å². The lowest BCUT2D eigenvalue weighted by molar-refractivity contribution is -0.133. The zero-order valence-electron chi connectivity index (χ0n) is 15.9. The maximum atomic E-state index is 12.1. The summed E-state index contributed by atoms with van der Waals surface area (Å²) < 4.78 is 0. The Morgan fingerprint density at radius 2 is 1.82 bits per heavy atom. The summed E-state index contributed by atoms with van der Waals surface area (Å²) in [7, 11) is 2.11. The number of benzene rings is 1. The van der Waals surface area contributed by atoms with Gasteiger partial charge in [0.1, 0.15) is 17.7 Å². The predicted octanol–water partition coefficient (Wildman–Crippen LogP) is 1.11. The Bertz CT molecular complexity index is 864. The van der Waals surface area contributed by atoms with Gasteiger partial charge in [-0.25, -0.2) is 9.97 Å². The second kappa shape index (κ2) is 7.93. The Morgan fingerprint density at radius 1 is 1.07 bits per heavy atom. The molecule has 1 aromatic carbocycles. The average molecular weight is 380 g/mol. The van der Waals surface area contributed by atoms with Gasteiger partial charge in [0, 0.05) is 44.2 Å². The van der Waals surface area contributed by atoms with E-state index in [2.05, 4.69) is 32.5 Å². The normalized spacial score (nSPS) is 20.8. The van der Waals surface area contributed by atoms with Crippen LogP contribution in [0.25, 0.3) is 11.4 Å². The van der Waals surface area contributed by atoms with Gasteiger partial charge in [0.2, 0.25) is 11.8 Å². The van der Waals surface area contributed by atoms with Crippen LogP contribution >= 0.6 is 0 Å². The SMILES string of the molecule is CN1CCN(c2cc(NC3CCC(=O)NC3=O)nc(-c3ccccc3)n2)CC1. The van der Waals surface area contributed by atoms with Crippen LogP contribution in [0.5, 0.6) is 0 Å². The Balaban J connectivity index is 1.64. The Labute approximate surface area is 164 Å². The number of aromatic nitrogens is 2. The van der Waals surface area contributed by atoms with Crippen molar-refractivity contribution < 1.29 is 9.59 Å². The van der Waals surface area contributed by atoms with Crippen molar-refractivity contribution in [3.63, 3.8) is 0 Å². The van der Waals surface area contributed by atoms with E-state index in [9.17, 15) is 9.59 Å². The molecular formula is C20H24N6O2. The number of hydrogen-bond donors (Lipinski definition) is 2. The molecule has 0 aliphatic carbocycles. The van der Waals surface area contributed by atoms with Crippen LogP contribution in [-0.4, -0.2) is 66.0 Å². The number of rotatable bonds is 4. The number of nitrogens with one attached hydrogen (secondary N) is 2. The first-order chi connectivity index (χ1) is 13.6. The molecule has 2 saturated heterocycles. The van der Waals surface area contributed by atoms with Crippen LogP contribution in [-0.2, 0) is 9.59 Å². The van der Waals surface area contributed by atoms with Crippen molar-refractivity contribution in [1.82, 2.24) is 20.2 Å². The van der Waals surface area contributed by atoms with Gasteiger partial charge in [-0.1, -0.05) is 30.3 Å². The zero-order chi connectivity index (χ0) is 19.5. The fourth-order valence-electron chi connectivity index (χ4n) is 3.43. The molecular weight excluding hydrogens is 356 g/mol. The largest absolute Gasteiger partial charge is 0.358 e. The number of nitrogens with zero attached hydrogens (tertiary/aromatic N) is 4. The molecule has 2 fully saturated rings. The van der Waals surface area contributed by atoms with Gasteiger partial charge in [-0.2, -0.15) is 0 Å². The minimum Gasteiger partial charge on any atom is -0.358 e. The quantitative estimate of drug-likeness (QED) is 0.768. The second-order valence-electron chi connectivity index (χ2n) is 7.24. The summed E-state index contributed by atoms with van der Waals surface area (Å²) in [6.45, 7) is 3.72. The van der Waals surface area contributed by atoms with E-state index in [1.807, 2.05) is 36.4 Å². The summed E-state index contributed by atoms with van der Waals surface area (Å²) in [6, 6.07) is 11.2. The number of imide groups is 1. The predicted molar refractivity (Wildman–Crippen MR) is 107 cm³/mol. The summed E-state index contributed by atoms with van der Waals surface area (Å²) in [4.78, 5) is 37.5. The van der Waals surface area contributed by atoms with E-state index in [0.29, 0.717) is 24.5 Å². The molecule has 1 atom stereocenters. The van der Waals surface area contributed by atoms with Crippen molar-refractivity contribution >= 4 is 23.5 Å². The molecule has 146 valence electrons. The van der Waals surface area contributed by atoms with Gasteiger partial charge in [0.15, 0.2) is 5.82 Å². The molecule has 2 aliphatic heterocycles. The van der Waals surface area contributed by atoms with Gasteiger partial charge >= 0.3 is 0 Å². The molecule has 2 amide bonds. The van der Waals surface area contributed by atoms with Gasteiger partial charge in [-0.3, -0.25) is 14.9 Å². The fraction of sp³-hybridized carbons (Fsp3) is 0.400. The summed E-state index contributed by atoms with van der Waals surface area (Å²) in [5.74, 6) is 1.52. The number of piperidine rings is 1. The maximum Gasteiger partial charge on any atom is 0.249 e. The molecule has 8 heteroatoms. The first-order valence-electron chi connectivity index (χ1n) is 9.57. The highest BCUT2D eigenvalue weighted by atomic mass is 16.2. The summed E-state index contributed by atoms with van der Waals surface area (Å²) in [6.07, 6.45) is 0.782. The standard InChI is InChI=1S/C20H24N6O2/c1-25-9-11-26(12-10-25)17-13-16(21-15-7-8-18(27)24-20(15)28)22-19(23-17)14-5-3-2-4-6-14/h2-6,13,15H,7-12H2,1H3,(H,21,22,23)(H,24,27,28). The van der Waals surface area contributed by atoms with Gasteiger partial charge in [0.05, 0.1) is 0 Å². The third-order valence-electron chi connectivity index (χ3n) is 5.13. The zero-order valence-corrected chi connectivity index (χ0v) is 15.9. The van der Waals surface area contributed by atoms with Gasteiger partial charge in [-0.05, 0) is 13.5 Å². The molecule has 28 heavy (non-hydrogen) atoms. The maximum absolute atomic E-state index is 12.1. The van der Waals surface area contributed by atoms with E-state index in [4.69, 9.17) is 4.98 Å². The smallest absolute Gasteiger partial charge is 0.249 e. The molecule has 4 rings (SSSR count). The van der Waals surface area contributed by atoms with Crippen LogP contribution in [0, 0.1) is 0 Å². The Kier molecular flexibility index (Phi) is 5.21. The third-order valence-corrected chi connectivity index (χ3v) is 5.13. The number of likely N-dealkylation sites (N-methyl/N-ethyl adjacent to an activating group) is 1. The molecule has 2 N–H and O–H groups in total. The van der Waals surface area contributed by atoms with Crippen molar-refractivity contribution in [2.75, 3.05) is 43.4 Å². The van der Waals surface area contributed by atoms with Gasteiger partial charge in [-0.15, -0.1) is 0 Å². The van der Waals surface area contributed by atoms with Crippen LogP contribution in [0.15, 0.2) is 36.4 Å². The fourth-order valence-corrected chi connectivity index (χ4v) is 3.43. The van der Waals surface area contributed by atoms with E-state index in [1.54, 1.807) is 0 Å². The van der Waals surface area contributed by atoms with Crippen molar-refractivity contribution in [2.45, 2.75) is 18.9 Å². The first-order valence-corrected chi connectivity index (χ1v) is 9.57. The Hall–Kier alpha value is -3.00. The first kappa shape index (κ1) is 18.4. The molecule has 0 radical (unpaired) electrons. The van der Waals surface area contributed by atoms with Crippen LogP contribution < -0.4 is 15.5 Å². The van der Waals surface area contributed by atoms with Gasteiger partial charge in [0.25, 0.3) is 0 Å². The van der Waals surface area contributed by atoms with E-state index >= 15 is 0 Å². The van der Waals surface area contributed by atoms with E-state index in [-0.39, 0.29) is 11.8 Å². The lowest BCUT2D eigenvalue weighted by atomic mass is 10.1. The summed E-state index contributed by atoms with van der Waals surface area (Å²) >= 11 is 0. The lowest BCUT2D eigenvalue weighted by Crippen LogP contribution is -2.47. The number of amides is 2. The summed E-state index contributed by atoms with van der Waals surface area (Å²) in [5.41, 5.74) is 0.921. The summed E-state index contributed by atoms with van der Waals surface area (Å²) in [5, 5.41) is 5.58. The number of carbonyl (C=O) groups excluding carboxylic acids is 2. The highest BCUT2D eigenvalue weighted by molar-refractivity contribution is 6.01. The Morgan fingerprint density at radius 3 is 2.54 bits per heavy atom. The number of hydrogen-bond acceptors (Lipinski definition) is 7. The molecule has 3 heterocycles. The highest BCUT2D eigenvalue weighted by Crippen LogP contribution is 2.24.